The molecular weight excluding hydrogens is 298 g/mol. The van der Waals surface area contributed by atoms with Crippen molar-refractivity contribution in [3.63, 3.8) is 0 Å². The lowest BCUT2D eigenvalue weighted by molar-refractivity contribution is -0.120. The number of anilines is 1. The smallest absolute Gasteiger partial charge is 0.335 e. The Morgan fingerprint density at radius 3 is 2.57 bits per heavy atom. The normalized spacial score (nSPS) is 9.86. The van der Waals surface area contributed by atoms with Gasteiger partial charge in [0.25, 0.3) is 0 Å². The number of carboxylic acids is 1. The number of urea groups is 1. The number of nitrogens with zero attached hydrogens (tertiary/aromatic N) is 1. The maximum atomic E-state index is 11.9. The van der Waals surface area contributed by atoms with Crippen LogP contribution in [0.3, 0.4) is 0 Å². The Bertz CT molecular complexity index is 562. The van der Waals surface area contributed by atoms with Gasteiger partial charge in [-0.1, -0.05) is 11.6 Å². The highest BCUT2D eigenvalue weighted by molar-refractivity contribution is 6.33. The monoisotopic (exact) mass is 313 g/mol. The maximum Gasteiger partial charge on any atom is 0.335 e. The summed E-state index contributed by atoms with van der Waals surface area (Å²) >= 11 is 5.91. The Kier molecular flexibility index (Phi) is 5.98. The summed E-state index contributed by atoms with van der Waals surface area (Å²) in [4.78, 5) is 35.2. The first-order valence-corrected chi connectivity index (χ1v) is 6.48. The standard InChI is InChI=1S/C13H16ClN3O4/c1-15-11(18)5-6-17(2)13(21)16-10-7-8(12(19)20)3-4-9(10)14/h3-4,7H,5-6H2,1-2H3,(H,15,18)(H,16,21)(H,19,20). The van der Waals surface area contributed by atoms with Crippen molar-refractivity contribution in [1.29, 1.82) is 0 Å². The highest BCUT2D eigenvalue weighted by atomic mass is 35.5. The molecule has 1 rings (SSSR count). The first-order valence-electron chi connectivity index (χ1n) is 6.10. The van der Waals surface area contributed by atoms with Gasteiger partial charge in [0.2, 0.25) is 5.91 Å². The lowest BCUT2D eigenvalue weighted by Crippen LogP contribution is -2.34. The molecule has 1 aromatic rings. The first kappa shape index (κ1) is 16.8. The van der Waals surface area contributed by atoms with E-state index in [2.05, 4.69) is 10.6 Å². The van der Waals surface area contributed by atoms with Crippen LogP contribution in [-0.4, -0.2) is 48.6 Å². The van der Waals surface area contributed by atoms with Gasteiger partial charge in [-0.15, -0.1) is 0 Å². The number of hydrogen-bond acceptors (Lipinski definition) is 3. The van der Waals surface area contributed by atoms with Gasteiger partial charge in [0.1, 0.15) is 0 Å². The minimum absolute atomic E-state index is 0.0164. The molecule has 0 radical (unpaired) electrons. The Hall–Kier alpha value is -2.28. The third-order valence-electron chi connectivity index (χ3n) is 2.75. The number of amides is 3. The molecule has 8 heteroatoms. The van der Waals surface area contributed by atoms with Crippen LogP contribution in [0.2, 0.25) is 5.02 Å². The molecule has 3 N–H and O–H groups in total. The van der Waals surface area contributed by atoms with Crippen molar-refractivity contribution in [3.05, 3.63) is 28.8 Å². The highest BCUT2D eigenvalue weighted by Gasteiger charge is 2.13. The zero-order chi connectivity index (χ0) is 16.0. The number of aromatic carboxylic acids is 1. The lowest BCUT2D eigenvalue weighted by atomic mass is 10.2. The van der Waals surface area contributed by atoms with E-state index in [0.29, 0.717) is 0 Å². The molecule has 21 heavy (non-hydrogen) atoms. The summed E-state index contributed by atoms with van der Waals surface area (Å²) in [6.45, 7) is 0.224. The average molecular weight is 314 g/mol. The Labute approximate surface area is 126 Å². The van der Waals surface area contributed by atoms with Crippen molar-refractivity contribution < 1.29 is 19.5 Å². The summed E-state index contributed by atoms with van der Waals surface area (Å²) in [5.74, 6) is -1.30. The van der Waals surface area contributed by atoms with E-state index < -0.39 is 12.0 Å². The second kappa shape index (κ2) is 7.49. The SMILES string of the molecule is CNC(=O)CCN(C)C(=O)Nc1cc(C(=O)O)ccc1Cl. The third kappa shape index (κ3) is 4.96. The average Bonchev–Trinajstić information content (AvgIpc) is 2.46. The molecule has 0 saturated heterocycles. The first-order chi connectivity index (χ1) is 9.85. The van der Waals surface area contributed by atoms with Gasteiger partial charge in [-0.2, -0.15) is 0 Å². The van der Waals surface area contributed by atoms with Crippen molar-refractivity contribution in [1.82, 2.24) is 10.2 Å². The molecule has 0 aromatic heterocycles. The summed E-state index contributed by atoms with van der Waals surface area (Å²) in [5, 5.41) is 14.1. The molecule has 0 unspecified atom stereocenters. The van der Waals surface area contributed by atoms with Crippen LogP contribution in [0.5, 0.6) is 0 Å². The zero-order valence-electron chi connectivity index (χ0n) is 11.6. The Morgan fingerprint density at radius 2 is 2.00 bits per heavy atom. The molecule has 0 spiro atoms. The van der Waals surface area contributed by atoms with Crippen LogP contribution >= 0.6 is 11.6 Å². The molecule has 0 bridgehead atoms. The van der Waals surface area contributed by atoms with Gasteiger partial charge in [-0.05, 0) is 18.2 Å². The van der Waals surface area contributed by atoms with Gasteiger partial charge < -0.3 is 20.6 Å². The fourth-order valence-corrected chi connectivity index (χ4v) is 1.63. The van der Waals surface area contributed by atoms with E-state index in [0.717, 1.165) is 0 Å². The molecule has 114 valence electrons. The zero-order valence-corrected chi connectivity index (χ0v) is 12.4. The molecule has 0 heterocycles. The number of nitrogens with one attached hydrogen (secondary N) is 2. The van der Waals surface area contributed by atoms with Crippen molar-refractivity contribution in [2.75, 3.05) is 26.0 Å². The molecule has 0 aliphatic rings. The van der Waals surface area contributed by atoms with E-state index in [4.69, 9.17) is 16.7 Å². The van der Waals surface area contributed by atoms with E-state index in [1.807, 2.05) is 0 Å². The Morgan fingerprint density at radius 1 is 1.33 bits per heavy atom. The van der Waals surface area contributed by atoms with Crippen molar-refractivity contribution >= 4 is 35.2 Å². The molecular formula is C13H16ClN3O4. The van der Waals surface area contributed by atoms with E-state index >= 15 is 0 Å². The summed E-state index contributed by atoms with van der Waals surface area (Å²) in [6.07, 6.45) is 0.170. The van der Waals surface area contributed by atoms with Gasteiger partial charge in [-0.25, -0.2) is 9.59 Å². The van der Waals surface area contributed by atoms with E-state index in [9.17, 15) is 14.4 Å². The van der Waals surface area contributed by atoms with Crippen LogP contribution in [0.15, 0.2) is 18.2 Å². The molecule has 0 saturated carbocycles. The molecule has 7 nitrogen and oxygen atoms in total. The molecule has 0 aliphatic heterocycles. The lowest BCUT2D eigenvalue weighted by Gasteiger charge is -2.18. The third-order valence-corrected chi connectivity index (χ3v) is 3.08. The van der Waals surface area contributed by atoms with E-state index in [-0.39, 0.29) is 35.1 Å². The maximum absolute atomic E-state index is 11.9. The van der Waals surface area contributed by atoms with Gasteiger partial charge in [0, 0.05) is 27.1 Å². The van der Waals surface area contributed by atoms with Gasteiger partial charge in [0.05, 0.1) is 16.3 Å². The second-order valence-corrected chi connectivity index (χ2v) is 4.68. The number of benzene rings is 1. The van der Waals surface area contributed by atoms with Crippen molar-refractivity contribution in [2.24, 2.45) is 0 Å². The summed E-state index contributed by atoms with van der Waals surface area (Å²) in [7, 11) is 3.03. The summed E-state index contributed by atoms with van der Waals surface area (Å²) in [5.41, 5.74) is 0.219. The minimum atomic E-state index is -1.12. The van der Waals surface area contributed by atoms with Crippen LogP contribution in [0.1, 0.15) is 16.8 Å². The predicted molar refractivity (Wildman–Crippen MR) is 78.7 cm³/mol. The van der Waals surface area contributed by atoms with Gasteiger partial charge >= 0.3 is 12.0 Å². The fourth-order valence-electron chi connectivity index (χ4n) is 1.46. The molecule has 0 fully saturated rings. The Balaban J connectivity index is 2.71. The van der Waals surface area contributed by atoms with Gasteiger partial charge in [0.15, 0.2) is 0 Å². The number of carbonyl (C=O) groups is 3. The van der Waals surface area contributed by atoms with E-state index in [1.54, 1.807) is 0 Å². The van der Waals surface area contributed by atoms with Crippen LogP contribution in [0.25, 0.3) is 0 Å². The van der Waals surface area contributed by atoms with Crippen molar-refractivity contribution in [2.45, 2.75) is 6.42 Å². The highest BCUT2D eigenvalue weighted by Crippen LogP contribution is 2.23. The largest absolute Gasteiger partial charge is 0.478 e. The van der Waals surface area contributed by atoms with Crippen LogP contribution < -0.4 is 10.6 Å². The topological polar surface area (TPSA) is 98.7 Å². The number of hydrogen-bond donors (Lipinski definition) is 3. The minimum Gasteiger partial charge on any atom is -0.478 e. The van der Waals surface area contributed by atoms with E-state index in [1.165, 1.54) is 37.2 Å². The quantitative estimate of drug-likeness (QED) is 0.769. The molecule has 1 aromatic carbocycles. The van der Waals surface area contributed by atoms with Crippen LogP contribution in [-0.2, 0) is 4.79 Å². The number of rotatable bonds is 5. The number of carbonyl (C=O) groups excluding carboxylic acids is 2. The van der Waals surface area contributed by atoms with Crippen LogP contribution in [0.4, 0.5) is 10.5 Å². The second-order valence-electron chi connectivity index (χ2n) is 4.27. The van der Waals surface area contributed by atoms with Crippen molar-refractivity contribution in [3.8, 4) is 0 Å². The molecule has 3 amide bonds. The van der Waals surface area contributed by atoms with Crippen LogP contribution in [0, 0.1) is 0 Å². The number of carboxylic acid groups (broad SMARTS) is 1. The predicted octanol–water partition coefficient (Wildman–Crippen LogP) is 1.64. The summed E-state index contributed by atoms with van der Waals surface area (Å²) < 4.78 is 0. The number of halogens is 1. The molecule has 0 atom stereocenters. The fraction of sp³-hybridized carbons (Fsp3) is 0.308. The van der Waals surface area contributed by atoms with Gasteiger partial charge in [-0.3, -0.25) is 4.79 Å². The molecule has 0 aliphatic carbocycles. The summed E-state index contributed by atoms with van der Waals surface area (Å²) in [6, 6.07) is 3.53.